The maximum atomic E-state index is 14.0. The van der Waals surface area contributed by atoms with Crippen molar-refractivity contribution >= 4 is 34.9 Å². The summed E-state index contributed by atoms with van der Waals surface area (Å²) in [6, 6.07) is 14.5. The molecule has 7 heteroatoms. The summed E-state index contributed by atoms with van der Waals surface area (Å²) in [5.74, 6) is -0.863. The average molecular weight is 434 g/mol. The van der Waals surface area contributed by atoms with Gasteiger partial charge in [-0.2, -0.15) is 0 Å². The number of aryl methyl sites for hydroxylation is 1. The zero-order valence-corrected chi connectivity index (χ0v) is 17.0. The van der Waals surface area contributed by atoms with Gasteiger partial charge in [0.05, 0.1) is 10.6 Å². The van der Waals surface area contributed by atoms with Crippen molar-refractivity contribution in [2.45, 2.75) is 20.1 Å². The van der Waals surface area contributed by atoms with Crippen LogP contribution in [0.5, 0.6) is 5.75 Å². The highest BCUT2D eigenvalue weighted by atomic mass is 35.5. The summed E-state index contributed by atoms with van der Waals surface area (Å²) >= 11 is 12.2. The maximum absolute atomic E-state index is 14.0. The number of carbonyl (C=O) groups is 1. The maximum Gasteiger partial charge on any atom is 0.335 e. The number of hydrogen-bond donors (Lipinski definition) is 2. The monoisotopic (exact) mass is 433 g/mol. The fraction of sp³-hybridized carbons (Fsp3) is 0.136. The molecule has 0 spiro atoms. The van der Waals surface area contributed by atoms with Gasteiger partial charge in [-0.15, -0.1) is 0 Å². The lowest BCUT2D eigenvalue weighted by Gasteiger charge is -2.15. The van der Waals surface area contributed by atoms with E-state index in [4.69, 9.17) is 33.0 Å². The van der Waals surface area contributed by atoms with Crippen molar-refractivity contribution in [1.82, 2.24) is 0 Å². The van der Waals surface area contributed by atoms with Crippen LogP contribution in [0.1, 0.15) is 27.0 Å². The summed E-state index contributed by atoms with van der Waals surface area (Å²) in [7, 11) is 0. The van der Waals surface area contributed by atoms with Crippen molar-refractivity contribution in [3.63, 3.8) is 0 Å². The molecule has 150 valence electrons. The van der Waals surface area contributed by atoms with E-state index >= 15 is 0 Å². The van der Waals surface area contributed by atoms with E-state index in [-0.39, 0.29) is 17.7 Å². The quantitative estimate of drug-likeness (QED) is 0.456. The Balaban J connectivity index is 1.76. The van der Waals surface area contributed by atoms with Gasteiger partial charge >= 0.3 is 5.97 Å². The van der Waals surface area contributed by atoms with Crippen LogP contribution in [0.25, 0.3) is 0 Å². The minimum absolute atomic E-state index is 0.0214. The normalized spacial score (nSPS) is 10.6. The number of carboxylic acids is 1. The van der Waals surface area contributed by atoms with Gasteiger partial charge in [-0.25, -0.2) is 9.18 Å². The van der Waals surface area contributed by atoms with Crippen LogP contribution in [0, 0.1) is 12.7 Å². The largest absolute Gasteiger partial charge is 0.488 e. The molecule has 0 bridgehead atoms. The number of benzene rings is 3. The predicted octanol–water partition coefficient (Wildman–Crippen LogP) is 6.33. The first-order valence-electron chi connectivity index (χ1n) is 8.77. The lowest BCUT2D eigenvalue weighted by Crippen LogP contribution is -2.06. The molecule has 0 amide bonds. The number of halogens is 3. The van der Waals surface area contributed by atoms with Crippen LogP contribution in [0.4, 0.5) is 10.1 Å². The molecule has 3 aromatic carbocycles. The smallest absolute Gasteiger partial charge is 0.335 e. The van der Waals surface area contributed by atoms with Gasteiger partial charge in [0.25, 0.3) is 0 Å². The molecule has 0 aliphatic heterocycles. The van der Waals surface area contributed by atoms with Gasteiger partial charge in [0, 0.05) is 28.4 Å². The van der Waals surface area contributed by atoms with Gasteiger partial charge in [-0.05, 0) is 61.0 Å². The van der Waals surface area contributed by atoms with Gasteiger partial charge in [0.2, 0.25) is 0 Å². The standard InChI is InChI=1S/C22H18Cl2FNO3/c1-13-9-14(22(27)28)5-7-20(13)26-11-15-10-16(23)6-8-21(15)29-12-17-18(24)3-2-4-19(17)25/h2-10,26H,11-12H2,1H3,(H,27,28). The third-order valence-electron chi connectivity index (χ3n) is 4.40. The summed E-state index contributed by atoms with van der Waals surface area (Å²) < 4.78 is 19.8. The Morgan fingerprint density at radius 3 is 2.62 bits per heavy atom. The fourth-order valence-corrected chi connectivity index (χ4v) is 3.24. The Bertz CT molecular complexity index is 1040. The van der Waals surface area contributed by atoms with Gasteiger partial charge in [0.1, 0.15) is 18.2 Å². The molecule has 29 heavy (non-hydrogen) atoms. The highest BCUT2D eigenvalue weighted by molar-refractivity contribution is 6.31. The summed E-state index contributed by atoms with van der Waals surface area (Å²) in [4.78, 5) is 11.1. The first-order chi connectivity index (χ1) is 13.8. The Labute approximate surface area is 177 Å². The minimum Gasteiger partial charge on any atom is -0.488 e. The van der Waals surface area contributed by atoms with E-state index in [0.29, 0.717) is 22.3 Å². The molecule has 3 aromatic rings. The van der Waals surface area contributed by atoms with Crippen LogP contribution in [0.15, 0.2) is 54.6 Å². The summed E-state index contributed by atoms with van der Waals surface area (Å²) in [5, 5.41) is 13.2. The second-order valence-electron chi connectivity index (χ2n) is 6.43. The SMILES string of the molecule is Cc1cc(C(=O)O)ccc1NCc1cc(Cl)ccc1OCc1c(F)cccc1Cl. The van der Waals surface area contributed by atoms with Gasteiger partial charge in [0.15, 0.2) is 0 Å². The van der Waals surface area contributed by atoms with E-state index in [1.807, 2.05) is 6.92 Å². The van der Waals surface area contributed by atoms with E-state index < -0.39 is 11.8 Å². The zero-order valence-electron chi connectivity index (χ0n) is 15.5. The van der Waals surface area contributed by atoms with Gasteiger partial charge < -0.3 is 15.2 Å². The molecule has 0 atom stereocenters. The molecule has 0 radical (unpaired) electrons. The van der Waals surface area contributed by atoms with Crippen LogP contribution in [0.3, 0.4) is 0 Å². The number of carboxylic acid groups (broad SMARTS) is 1. The third-order valence-corrected chi connectivity index (χ3v) is 4.99. The lowest BCUT2D eigenvalue weighted by molar-refractivity contribution is 0.0697. The number of hydrogen-bond acceptors (Lipinski definition) is 3. The average Bonchev–Trinajstić information content (AvgIpc) is 2.67. The van der Waals surface area contributed by atoms with Gasteiger partial charge in [-0.3, -0.25) is 0 Å². The lowest BCUT2D eigenvalue weighted by atomic mass is 10.1. The first-order valence-corrected chi connectivity index (χ1v) is 9.52. The topological polar surface area (TPSA) is 58.6 Å². The third kappa shape index (κ3) is 5.19. The van der Waals surface area contributed by atoms with Crippen LogP contribution < -0.4 is 10.1 Å². The molecular weight excluding hydrogens is 416 g/mol. The molecule has 0 fully saturated rings. The number of ether oxygens (including phenoxy) is 1. The minimum atomic E-state index is -0.975. The summed E-state index contributed by atoms with van der Waals surface area (Å²) in [6.07, 6.45) is 0. The molecular formula is C22H18Cl2FNO3. The summed E-state index contributed by atoms with van der Waals surface area (Å²) in [6.45, 7) is 2.19. The van der Waals surface area contributed by atoms with Crippen LogP contribution in [-0.2, 0) is 13.2 Å². The highest BCUT2D eigenvalue weighted by Crippen LogP contribution is 2.27. The van der Waals surface area contributed by atoms with Crippen molar-refractivity contribution in [1.29, 1.82) is 0 Å². The van der Waals surface area contributed by atoms with E-state index in [0.717, 1.165) is 16.8 Å². The second kappa shape index (κ2) is 9.16. The molecule has 0 aliphatic carbocycles. The van der Waals surface area contributed by atoms with Crippen LogP contribution in [0.2, 0.25) is 10.0 Å². The molecule has 0 unspecified atom stereocenters. The molecule has 3 rings (SSSR count). The van der Waals surface area contributed by atoms with E-state index in [9.17, 15) is 9.18 Å². The number of rotatable bonds is 7. The fourth-order valence-electron chi connectivity index (χ4n) is 2.83. The van der Waals surface area contributed by atoms with Crippen molar-refractivity contribution in [2.24, 2.45) is 0 Å². The molecule has 0 aromatic heterocycles. The number of anilines is 1. The van der Waals surface area contributed by atoms with Crippen LogP contribution >= 0.6 is 23.2 Å². The van der Waals surface area contributed by atoms with Crippen molar-refractivity contribution in [3.8, 4) is 5.75 Å². The van der Waals surface area contributed by atoms with Crippen molar-refractivity contribution < 1.29 is 19.0 Å². The van der Waals surface area contributed by atoms with E-state index in [2.05, 4.69) is 5.32 Å². The molecule has 0 saturated heterocycles. The summed E-state index contributed by atoms with van der Waals surface area (Å²) in [5.41, 5.74) is 2.86. The molecule has 2 N–H and O–H groups in total. The predicted molar refractivity (Wildman–Crippen MR) is 113 cm³/mol. The van der Waals surface area contributed by atoms with Crippen molar-refractivity contribution in [3.05, 3.63) is 92.7 Å². The van der Waals surface area contributed by atoms with Gasteiger partial charge in [-0.1, -0.05) is 29.3 Å². The van der Waals surface area contributed by atoms with E-state index in [1.165, 1.54) is 18.2 Å². The van der Waals surface area contributed by atoms with Crippen molar-refractivity contribution in [2.75, 3.05) is 5.32 Å². The molecule has 0 saturated carbocycles. The Morgan fingerprint density at radius 2 is 1.93 bits per heavy atom. The Hall–Kier alpha value is -2.76. The zero-order chi connectivity index (χ0) is 21.0. The van der Waals surface area contributed by atoms with E-state index in [1.54, 1.807) is 36.4 Å². The first kappa shape index (κ1) is 21.0. The second-order valence-corrected chi connectivity index (χ2v) is 7.27. The highest BCUT2D eigenvalue weighted by Gasteiger charge is 2.11. The molecule has 4 nitrogen and oxygen atoms in total. The molecule has 0 aliphatic rings. The number of aromatic carboxylic acids is 1. The Kier molecular flexibility index (Phi) is 6.62. The van der Waals surface area contributed by atoms with Crippen LogP contribution in [-0.4, -0.2) is 11.1 Å². The Morgan fingerprint density at radius 1 is 1.14 bits per heavy atom. The number of nitrogens with one attached hydrogen (secondary N) is 1. The molecule has 0 heterocycles.